The lowest BCUT2D eigenvalue weighted by Gasteiger charge is -2.41. The van der Waals surface area contributed by atoms with Gasteiger partial charge in [0.05, 0.1) is 33.2 Å². The second-order valence-corrected chi connectivity index (χ2v) is 17.1. The fourth-order valence-electron chi connectivity index (χ4n) is 10.5. The highest BCUT2D eigenvalue weighted by atomic mass is 15.1. The van der Waals surface area contributed by atoms with Crippen LogP contribution in [-0.2, 0) is 12.1 Å². The van der Waals surface area contributed by atoms with Crippen molar-refractivity contribution in [2.24, 2.45) is 5.92 Å². The molecule has 2 unspecified atom stereocenters. The molecule has 9 rings (SSSR count). The molecule has 282 valence electrons. The van der Waals surface area contributed by atoms with E-state index >= 15 is 0 Å². The van der Waals surface area contributed by atoms with Crippen LogP contribution in [0, 0.1) is 12.8 Å². The Morgan fingerprint density at radius 2 is 1.50 bits per heavy atom. The van der Waals surface area contributed by atoms with Gasteiger partial charge in [-0.15, -0.1) is 0 Å². The average molecular weight is 736 g/mol. The second kappa shape index (κ2) is 14.3. The summed E-state index contributed by atoms with van der Waals surface area (Å²) >= 11 is 0. The normalized spacial score (nSPS) is 15.5. The molecular formula is C53H57N3+2. The Hall–Kier alpha value is -5.28. The minimum Gasteiger partial charge on any atom is -0.319 e. The van der Waals surface area contributed by atoms with Crippen LogP contribution < -0.4 is 9.13 Å². The summed E-state index contributed by atoms with van der Waals surface area (Å²) in [4.78, 5) is 0. The summed E-state index contributed by atoms with van der Waals surface area (Å²) in [6.45, 7) is 17.5. The first kappa shape index (κ1) is 36.4. The third-order valence-corrected chi connectivity index (χ3v) is 13.3. The predicted molar refractivity (Wildman–Crippen MR) is 236 cm³/mol. The summed E-state index contributed by atoms with van der Waals surface area (Å²) in [5.41, 5.74) is 14.7. The molecule has 56 heavy (non-hydrogen) atoms. The number of aromatic nitrogens is 3. The zero-order valence-corrected chi connectivity index (χ0v) is 34.4. The monoisotopic (exact) mass is 735 g/mol. The van der Waals surface area contributed by atoms with Gasteiger partial charge in [0, 0.05) is 48.3 Å². The van der Waals surface area contributed by atoms with Crippen molar-refractivity contribution >= 4 is 38.1 Å². The van der Waals surface area contributed by atoms with E-state index in [4.69, 9.17) is 0 Å². The van der Waals surface area contributed by atoms with Crippen LogP contribution in [-0.4, -0.2) is 4.40 Å². The first-order chi connectivity index (χ1) is 27.3. The quantitative estimate of drug-likeness (QED) is 0.0979. The number of aryl methyl sites for hydroxylation is 1. The van der Waals surface area contributed by atoms with Gasteiger partial charge in [-0.25, -0.2) is 0 Å². The zero-order valence-electron chi connectivity index (χ0n) is 34.4. The number of hydrogen-bond donors (Lipinski definition) is 0. The Morgan fingerprint density at radius 3 is 2.27 bits per heavy atom. The molecule has 1 aliphatic rings. The van der Waals surface area contributed by atoms with Crippen molar-refractivity contribution in [3.05, 3.63) is 150 Å². The van der Waals surface area contributed by atoms with Crippen molar-refractivity contribution in [3.8, 4) is 22.4 Å². The lowest BCUT2D eigenvalue weighted by molar-refractivity contribution is -0.761. The van der Waals surface area contributed by atoms with Gasteiger partial charge >= 0.3 is 0 Å². The molecule has 0 fully saturated rings. The molecule has 4 aromatic carbocycles. The molecule has 0 spiro atoms. The minimum absolute atomic E-state index is 0.120. The smallest absolute Gasteiger partial charge is 0.223 e. The van der Waals surface area contributed by atoms with E-state index in [2.05, 4.69) is 190 Å². The van der Waals surface area contributed by atoms with E-state index in [1.54, 1.807) is 0 Å². The summed E-state index contributed by atoms with van der Waals surface area (Å²) in [6, 6.07) is 44.1. The van der Waals surface area contributed by atoms with Gasteiger partial charge in [-0.2, -0.15) is 9.13 Å². The number of hydrogen-bond acceptors (Lipinski definition) is 0. The van der Waals surface area contributed by atoms with Gasteiger partial charge in [-0.1, -0.05) is 127 Å². The van der Waals surface area contributed by atoms with Crippen LogP contribution in [0.2, 0.25) is 0 Å². The molecule has 0 N–H and O–H groups in total. The molecule has 1 aliphatic heterocycles. The number of nitrogens with zero attached hydrogens (tertiary/aromatic N) is 3. The Bertz CT molecular complexity index is 2750. The summed E-state index contributed by atoms with van der Waals surface area (Å²) in [7, 11) is 0. The van der Waals surface area contributed by atoms with Crippen molar-refractivity contribution < 1.29 is 9.13 Å². The maximum absolute atomic E-state index is 2.73. The Kier molecular flexibility index (Phi) is 9.31. The first-order valence-corrected chi connectivity index (χ1v) is 21.3. The fraction of sp³-hybridized carbons (Fsp3) is 0.321. The van der Waals surface area contributed by atoms with Crippen molar-refractivity contribution in [1.29, 1.82) is 0 Å². The van der Waals surface area contributed by atoms with Crippen molar-refractivity contribution in [3.63, 3.8) is 0 Å². The van der Waals surface area contributed by atoms with Gasteiger partial charge in [0.2, 0.25) is 16.7 Å². The number of pyridine rings is 3. The van der Waals surface area contributed by atoms with Crippen LogP contribution in [0.25, 0.3) is 60.5 Å². The zero-order chi connectivity index (χ0) is 38.7. The van der Waals surface area contributed by atoms with Gasteiger partial charge in [0.15, 0.2) is 18.3 Å². The lowest BCUT2D eigenvalue weighted by atomic mass is 9.68. The third-order valence-electron chi connectivity index (χ3n) is 13.3. The van der Waals surface area contributed by atoms with Crippen molar-refractivity contribution in [1.82, 2.24) is 4.40 Å². The summed E-state index contributed by atoms with van der Waals surface area (Å²) in [6.07, 6.45) is 10.6. The summed E-state index contributed by atoms with van der Waals surface area (Å²) < 4.78 is 7.92. The van der Waals surface area contributed by atoms with E-state index in [0.717, 1.165) is 19.4 Å². The molecule has 0 radical (unpaired) electrons. The maximum atomic E-state index is 2.73. The van der Waals surface area contributed by atoms with Gasteiger partial charge in [-0.05, 0) is 77.2 Å². The van der Waals surface area contributed by atoms with Crippen LogP contribution in [0.3, 0.4) is 0 Å². The molecule has 3 heteroatoms. The largest absolute Gasteiger partial charge is 0.319 e. The van der Waals surface area contributed by atoms with E-state index in [1.165, 1.54) is 102 Å². The molecule has 8 aromatic rings. The number of benzene rings is 4. The predicted octanol–water partition coefficient (Wildman–Crippen LogP) is 13.2. The summed E-state index contributed by atoms with van der Waals surface area (Å²) in [5.74, 6) is 1.10. The molecule has 0 saturated carbocycles. The van der Waals surface area contributed by atoms with E-state index in [9.17, 15) is 0 Å². The molecule has 4 aromatic heterocycles. The van der Waals surface area contributed by atoms with Crippen molar-refractivity contribution in [2.75, 3.05) is 0 Å². The second-order valence-electron chi connectivity index (χ2n) is 17.1. The Labute approximate surface area is 333 Å². The molecule has 0 amide bonds. The highest BCUT2D eigenvalue weighted by molar-refractivity contribution is 6.18. The standard InChI is InChI=1S/C53H57N3/c1-8-11-19-37(7)44-31-48-40-22-15-16-24-42(40)51(53(9-2,10-3)56(48)34-45(44)38-20-13-12-14-21-38)49-30-39-27-28-43-41-23-17-18-25-46(41)55(32-35(4)5)52(43)50(39)47-29-26-36(6)33-54(47)49/h12-18,20-31,33-35,37,51H,8-11,19,32H2,1-7H3/q+2. The van der Waals surface area contributed by atoms with E-state index in [0.29, 0.717) is 11.8 Å². The van der Waals surface area contributed by atoms with Crippen molar-refractivity contribution in [2.45, 2.75) is 104 Å². The maximum Gasteiger partial charge on any atom is 0.223 e. The van der Waals surface area contributed by atoms with Crippen LogP contribution in [0.15, 0.2) is 128 Å². The number of unbranched alkanes of at least 4 members (excludes halogenated alkanes) is 1. The van der Waals surface area contributed by atoms with Gasteiger partial charge in [0.1, 0.15) is 0 Å². The van der Waals surface area contributed by atoms with E-state index in [-0.39, 0.29) is 11.5 Å². The molecule has 0 aliphatic carbocycles. The van der Waals surface area contributed by atoms with E-state index < -0.39 is 0 Å². The molecular weight excluding hydrogens is 679 g/mol. The molecule has 0 bridgehead atoms. The molecule has 0 saturated heterocycles. The number of fused-ring (bicyclic) bond motifs is 10. The fourth-order valence-corrected chi connectivity index (χ4v) is 10.5. The SMILES string of the molecule is CCCCC(C)c1cc2[n+](cc1-c1ccccc1)C(CC)(CC)C(c1cc3ccc4c5ccccc5[n+](CC(C)C)c4c3c3ccc(C)cn13)c1ccccc1-2. The van der Waals surface area contributed by atoms with Gasteiger partial charge < -0.3 is 4.40 Å². The summed E-state index contributed by atoms with van der Waals surface area (Å²) in [5, 5.41) is 5.33. The van der Waals surface area contributed by atoms with E-state index in [1.807, 2.05) is 0 Å². The lowest BCUT2D eigenvalue weighted by Crippen LogP contribution is -2.62. The first-order valence-electron chi connectivity index (χ1n) is 21.3. The highest BCUT2D eigenvalue weighted by Gasteiger charge is 2.53. The molecule has 5 heterocycles. The van der Waals surface area contributed by atoms with Crippen LogP contribution in [0.1, 0.15) is 108 Å². The average Bonchev–Trinajstić information content (AvgIpc) is 3.54. The van der Waals surface area contributed by atoms with Gasteiger partial charge in [0.25, 0.3) is 0 Å². The minimum atomic E-state index is -0.202. The van der Waals surface area contributed by atoms with Gasteiger partial charge in [-0.3, -0.25) is 0 Å². The molecule has 3 nitrogen and oxygen atoms in total. The Balaban J connectivity index is 1.38. The number of para-hydroxylation sites is 1. The Morgan fingerprint density at radius 1 is 0.750 bits per heavy atom. The highest BCUT2D eigenvalue weighted by Crippen LogP contribution is 2.51. The number of rotatable bonds is 10. The van der Waals surface area contributed by atoms with Crippen LogP contribution in [0.5, 0.6) is 0 Å². The van der Waals surface area contributed by atoms with Crippen LogP contribution in [0.4, 0.5) is 0 Å². The topological polar surface area (TPSA) is 12.2 Å². The molecule has 2 atom stereocenters. The third kappa shape index (κ3) is 5.60. The van der Waals surface area contributed by atoms with Crippen LogP contribution >= 0.6 is 0 Å².